The predicted octanol–water partition coefficient (Wildman–Crippen LogP) is 13.1. The van der Waals surface area contributed by atoms with Gasteiger partial charge in [0.1, 0.15) is 0 Å². The van der Waals surface area contributed by atoms with Gasteiger partial charge in [-0.3, -0.25) is 0 Å². The molecule has 40 heavy (non-hydrogen) atoms. The molecule has 3 nitrogen and oxygen atoms in total. The molecule has 0 aliphatic heterocycles. The van der Waals surface area contributed by atoms with Crippen LogP contribution >= 0.6 is 0 Å². The normalized spacial score (nSPS) is 15.2. The van der Waals surface area contributed by atoms with Gasteiger partial charge in [-0.1, -0.05) is 138 Å². The van der Waals surface area contributed by atoms with Crippen molar-refractivity contribution in [1.82, 2.24) is 0 Å². The molecule has 0 radical (unpaired) electrons. The third-order valence-corrected chi connectivity index (χ3v) is 20.9. The summed E-state index contributed by atoms with van der Waals surface area (Å²) in [6, 6.07) is 12.9. The Morgan fingerprint density at radius 3 is 1.38 bits per heavy atom. The third kappa shape index (κ3) is 22.6. The van der Waals surface area contributed by atoms with Gasteiger partial charge in [0.05, 0.1) is 0 Å². The Hall–Kier alpha value is -0.0325. The summed E-state index contributed by atoms with van der Waals surface area (Å²) >= 11 is 0. The molecule has 0 N–H and O–H groups in total. The molecule has 0 fully saturated rings. The lowest BCUT2D eigenvalue weighted by molar-refractivity contribution is 0.312. The zero-order valence-electron chi connectivity index (χ0n) is 25.7. The van der Waals surface area contributed by atoms with Crippen LogP contribution in [0.2, 0.25) is 64.5 Å². The second-order valence-corrected chi connectivity index (χ2v) is 29.6. The lowest BCUT2D eigenvalue weighted by Gasteiger charge is -2.43. The van der Waals surface area contributed by atoms with E-state index in [1.165, 1.54) is 69.8 Å². The van der Waals surface area contributed by atoms with Gasteiger partial charge in [0.2, 0.25) is 0 Å². The molecular weight excluding hydrogens is 557 g/mol. The Bertz CT molecular complexity index is 706. The molecule has 0 spiro atoms. The lowest BCUT2D eigenvalue weighted by Crippen LogP contribution is -2.58. The minimum absolute atomic E-state index is 0. The summed E-state index contributed by atoms with van der Waals surface area (Å²) in [5, 5.41) is 0. The summed E-state index contributed by atoms with van der Waals surface area (Å²) in [7, 11) is -8.31. The van der Waals surface area contributed by atoms with Crippen molar-refractivity contribution in [3.05, 3.63) is 35.9 Å². The molecule has 0 aliphatic carbocycles. The average molecular weight is 633 g/mol. The number of unbranched alkanes of at least 4 members (excludes halogenated alkanes) is 9. The molecule has 0 heterocycles. The van der Waals surface area contributed by atoms with Crippen LogP contribution < -0.4 is 0 Å². The summed E-state index contributed by atoms with van der Waals surface area (Å²) in [5.41, 5.74) is 1.38. The molecule has 0 bridgehead atoms. The average Bonchev–Trinajstić information content (AvgIpc) is 2.72. The number of hydrogen-bond donors (Lipinski definition) is 0. The van der Waals surface area contributed by atoms with E-state index in [1.807, 2.05) is 0 Å². The van der Waals surface area contributed by atoms with Gasteiger partial charge in [-0.05, 0) is 75.9 Å². The SMILES string of the molecule is C.C.C.C.CCCCCCCCCCCC[Si](C)(O[Si](C)(C)C)O[Si](C)(CC(C)c1ccccc1)O[Si](C)(C)C. The Morgan fingerprint density at radius 1 is 0.550 bits per heavy atom. The molecule has 1 rings (SSSR count). The molecule has 0 saturated heterocycles. The van der Waals surface area contributed by atoms with Crippen LogP contribution in [-0.4, -0.2) is 33.8 Å². The molecule has 242 valence electrons. The van der Waals surface area contributed by atoms with Gasteiger partial charge in [0.25, 0.3) is 0 Å². The van der Waals surface area contributed by atoms with Crippen LogP contribution in [0.15, 0.2) is 30.3 Å². The van der Waals surface area contributed by atoms with E-state index in [4.69, 9.17) is 12.3 Å². The van der Waals surface area contributed by atoms with E-state index in [0.717, 1.165) is 12.1 Å². The van der Waals surface area contributed by atoms with Crippen LogP contribution in [0.3, 0.4) is 0 Å². The van der Waals surface area contributed by atoms with Gasteiger partial charge >= 0.3 is 17.1 Å². The molecule has 0 aromatic heterocycles. The lowest BCUT2D eigenvalue weighted by atomic mass is 10.0. The van der Waals surface area contributed by atoms with Crippen molar-refractivity contribution in [2.75, 3.05) is 0 Å². The van der Waals surface area contributed by atoms with Crippen molar-refractivity contribution >= 4 is 33.8 Å². The third-order valence-electron chi connectivity index (χ3n) is 6.51. The second kappa shape index (κ2) is 22.5. The van der Waals surface area contributed by atoms with Crippen molar-refractivity contribution in [2.45, 2.75) is 178 Å². The minimum Gasteiger partial charge on any atom is -0.437 e. The van der Waals surface area contributed by atoms with Gasteiger partial charge in [0, 0.05) is 0 Å². The summed E-state index contributed by atoms with van der Waals surface area (Å²) in [5.74, 6) is 0.418. The summed E-state index contributed by atoms with van der Waals surface area (Å²) in [6.45, 7) is 23.1. The van der Waals surface area contributed by atoms with Crippen LogP contribution in [0, 0.1) is 0 Å². The highest BCUT2D eigenvalue weighted by atomic mass is 28.5. The van der Waals surface area contributed by atoms with Crippen LogP contribution in [0.25, 0.3) is 0 Å². The molecule has 1 aromatic carbocycles. The van der Waals surface area contributed by atoms with Crippen LogP contribution in [0.4, 0.5) is 0 Å². The van der Waals surface area contributed by atoms with Gasteiger partial charge in [-0.15, -0.1) is 0 Å². The number of hydrogen-bond acceptors (Lipinski definition) is 3. The van der Waals surface area contributed by atoms with E-state index in [9.17, 15) is 0 Å². The highest BCUT2D eigenvalue weighted by Crippen LogP contribution is 2.35. The maximum atomic E-state index is 7.26. The zero-order valence-corrected chi connectivity index (χ0v) is 29.7. The van der Waals surface area contributed by atoms with Crippen molar-refractivity contribution < 1.29 is 12.3 Å². The Labute approximate surface area is 259 Å². The van der Waals surface area contributed by atoms with E-state index in [1.54, 1.807) is 0 Å². The van der Waals surface area contributed by atoms with E-state index in [2.05, 4.69) is 96.6 Å². The molecule has 0 saturated carbocycles. The molecule has 7 heteroatoms. The second-order valence-electron chi connectivity index (χ2n) is 13.2. The molecule has 3 atom stereocenters. The quantitative estimate of drug-likeness (QED) is 0.106. The number of rotatable bonds is 20. The van der Waals surface area contributed by atoms with E-state index in [-0.39, 0.29) is 29.7 Å². The van der Waals surface area contributed by atoms with Crippen LogP contribution in [0.5, 0.6) is 0 Å². The van der Waals surface area contributed by atoms with Crippen LogP contribution in [-0.2, 0) is 12.3 Å². The van der Waals surface area contributed by atoms with Crippen LogP contribution in [0.1, 0.15) is 119 Å². The Balaban J connectivity index is -0.00000162. The van der Waals surface area contributed by atoms with Crippen molar-refractivity contribution in [3.63, 3.8) is 0 Å². The predicted molar refractivity (Wildman–Crippen MR) is 196 cm³/mol. The first-order valence-electron chi connectivity index (χ1n) is 14.8. The van der Waals surface area contributed by atoms with E-state index in [0.29, 0.717) is 5.92 Å². The minimum atomic E-state index is -2.44. The van der Waals surface area contributed by atoms with Gasteiger partial charge in [-0.25, -0.2) is 0 Å². The van der Waals surface area contributed by atoms with Crippen molar-refractivity contribution in [2.24, 2.45) is 0 Å². The standard InChI is InChI=1S/C29H60O3Si4.4CH4/c1-11-12-13-14-15-16-17-18-19-23-26-35(9,30-33(3,4)5)32-36(10,31-34(6,7)8)27-28(2)29-24-21-20-22-25-29;;;;/h20-22,24-25,28H,11-19,23,26-27H2,1-10H3;4*1H4. The first-order valence-corrected chi connectivity index (χ1v) is 26.7. The first kappa shape index (κ1) is 46.9. The summed E-state index contributed by atoms with van der Waals surface area (Å²) < 4.78 is 21.1. The Morgan fingerprint density at radius 2 is 0.950 bits per heavy atom. The molecular formula is C33H76O3Si4. The highest BCUT2D eigenvalue weighted by Gasteiger charge is 2.47. The Kier molecular flexibility index (Phi) is 26.4. The maximum Gasteiger partial charge on any atom is 0.316 e. The zero-order chi connectivity index (χ0) is 27.3. The molecule has 0 amide bonds. The largest absolute Gasteiger partial charge is 0.437 e. The fourth-order valence-electron chi connectivity index (χ4n) is 5.37. The van der Waals surface area contributed by atoms with E-state index < -0.39 is 33.8 Å². The monoisotopic (exact) mass is 632 g/mol. The van der Waals surface area contributed by atoms with Crippen molar-refractivity contribution in [1.29, 1.82) is 0 Å². The summed E-state index contributed by atoms with van der Waals surface area (Å²) in [4.78, 5) is 0. The number of benzene rings is 1. The smallest absolute Gasteiger partial charge is 0.316 e. The highest BCUT2D eigenvalue weighted by molar-refractivity contribution is 6.89. The van der Waals surface area contributed by atoms with E-state index >= 15 is 0 Å². The fourth-order valence-corrected chi connectivity index (χ4v) is 24.2. The first-order chi connectivity index (χ1) is 16.7. The molecule has 0 aliphatic rings. The van der Waals surface area contributed by atoms with Gasteiger partial charge in [0.15, 0.2) is 16.6 Å². The van der Waals surface area contributed by atoms with Gasteiger partial charge in [-0.2, -0.15) is 0 Å². The fraction of sp³-hybridized carbons (Fsp3) is 0.818. The topological polar surface area (TPSA) is 27.7 Å². The van der Waals surface area contributed by atoms with Gasteiger partial charge < -0.3 is 12.3 Å². The van der Waals surface area contributed by atoms with Crippen molar-refractivity contribution in [3.8, 4) is 0 Å². The molecule has 3 unspecified atom stereocenters. The summed E-state index contributed by atoms with van der Waals surface area (Å²) in [6.07, 6.45) is 13.6. The molecule has 1 aromatic rings. The maximum absolute atomic E-state index is 7.26.